The minimum atomic E-state index is -0.365. The molecule has 5 nitrogen and oxygen atoms in total. The van der Waals surface area contributed by atoms with Crippen molar-refractivity contribution in [3.8, 4) is 0 Å². The molecule has 0 aromatic carbocycles. The summed E-state index contributed by atoms with van der Waals surface area (Å²) in [5, 5.41) is 3.28. The average molecular weight is 254 g/mol. The maximum absolute atomic E-state index is 11.2. The number of nitrogens with one attached hydrogen (secondary N) is 1. The number of methoxy groups -OCH3 is 1. The molecule has 0 amide bonds. The molecule has 0 aliphatic carbocycles. The third kappa shape index (κ3) is 5.33. The summed E-state index contributed by atoms with van der Waals surface area (Å²) in [4.78, 5) is 13.4. The second-order valence-electron chi connectivity index (χ2n) is 4.48. The Kier molecular flexibility index (Phi) is 6.46. The predicted octanol–water partition coefficient (Wildman–Crippen LogP) is 1.50. The number of hydrogen-bond acceptors (Lipinski definition) is 5. The molecule has 0 saturated heterocycles. The van der Waals surface area contributed by atoms with Gasteiger partial charge in [0, 0.05) is 0 Å². The van der Waals surface area contributed by atoms with Gasteiger partial charge in [0.05, 0.1) is 19.2 Å². The van der Waals surface area contributed by atoms with Crippen molar-refractivity contribution in [3.63, 3.8) is 0 Å². The molecule has 0 atom stereocenters. The number of furan rings is 1. The topological polar surface area (TPSA) is 54.7 Å². The van der Waals surface area contributed by atoms with E-state index >= 15 is 0 Å². The van der Waals surface area contributed by atoms with Gasteiger partial charge in [-0.25, -0.2) is 4.79 Å². The van der Waals surface area contributed by atoms with Crippen LogP contribution in [0.4, 0.5) is 0 Å². The van der Waals surface area contributed by atoms with Crippen molar-refractivity contribution in [2.45, 2.75) is 19.4 Å². The zero-order valence-electron chi connectivity index (χ0n) is 11.4. The highest BCUT2D eigenvalue weighted by Crippen LogP contribution is 2.08. The Hall–Kier alpha value is -1.33. The lowest BCUT2D eigenvalue weighted by molar-refractivity contribution is 0.0600. The maximum Gasteiger partial charge on any atom is 0.341 e. The van der Waals surface area contributed by atoms with Gasteiger partial charge in [0.25, 0.3) is 0 Å². The number of rotatable bonds is 8. The SMILES string of the molecule is COC(=O)c1coc(CNCCCCN(C)C)c1. The first kappa shape index (κ1) is 14.7. The molecule has 18 heavy (non-hydrogen) atoms. The average Bonchev–Trinajstić information content (AvgIpc) is 2.81. The zero-order chi connectivity index (χ0) is 13.4. The van der Waals surface area contributed by atoms with Crippen molar-refractivity contribution in [1.29, 1.82) is 0 Å². The molecule has 0 spiro atoms. The summed E-state index contributed by atoms with van der Waals surface area (Å²) in [6.07, 6.45) is 3.73. The Balaban J connectivity index is 2.16. The van der Waals surface area contributed by atoms with Crippen molar-refractivity contribution in [3.05, 3.63) is 23.7 Å². The number of ether oxygens (including phenoxy) is 1. The van der Waals surface area contributed by atoms with E-state index in [9.17, 15) is 4.79 Å². The summed E-state index contributed by atoms with van der Waals surface area (Å²) in [6, 6.07) is 1.71. The summed E-state index contributed by atoms with van der Waals surface area (Å²) in [5.74, 6) is 0.388. The van der Waals surface area contributed by atoms with E-state index in [-0.39, 0.29) is 5.97 Å². The number of hydrogen-bond donors (Lipinski definition) is 1. The van der Waals surface area contributed by atoms with E-state index in [0.29, 0.717) is 12.1 Å². The van der Waals surface area contributed by atoms with Gasteiger partial charge in [-0.05, 0) is 46.1 Å². The first-order valence-electron chi connectivity index (χ1n) is 6.14. The number of unbranched alkanes of at least 4 members (excludes halogenated alkanes) is 1. The van der Waals surface area contributed by atoms with Crippen LogP contribution in [0.15, 0.2) is 16.7 Å². The van der Waals surface area contributed by atoms with Crippen LogP contribution in [0.1, 0.15) is 29.0 Å². The molecule has 0 radical (unpaired) electrons. The molecule has 102 valence electrons. The van der Waals surface area contributed by atoms with Crippen molar-refractivity contribution in [2.75, 3.05) is 34.3 Å². The van der Waals surface area contributed by atoms with Gasteiger partial charge < -0.3 is 19.4 Å². The molecule has 0 fully saturated rings. The van der Waals surface area contributed by atoms with Gasteiger partial charge in [-0.3, -0.25) is 0 Å². The Morgan fingerprint density at radius 3 is 2.89 bits per heavy atom. The highest BCUT2D eigenvalue weighted by atomic mass is 16.5. The van der Waals surface area contributed by atoms with Gasteiger partial charge in [-0.1, -0.05) is 0 Å². The highest BCUT2D eigenvalue weighted by molar-refractivity contribution is 5.88. The van der Waals surface area contributed by atoms with Crippen LogP contribution in [-0.4, -0.2) is 45.2 Å². The van der Waals surface area contributed by atoms with Gasteiger partial charge in [-0.15, -0.1) is 0 Å². The lowest BCUT2D eigenvalue weighted by atomic mass is 10.3. The number of nitrogens with zero attached hydrogens (tertiary/aromatic N) is 1. The van der Waals surface area contributed by atoms with Crippen LogP contribution in [0.25, 0.3) is 0 Å². The maximum atomic E-state index is 11.2. The second kappa shape index (κ2) is 7.89. The molecular weight excluding hydrogens is 232 g/mol. The molecule has 1 aromatic rings. The zero-order valence-corrected chi connectivity index (χ0v) is 11.4. The van der Waals surface area contributed by atoms with Crippen LogP contribution in [0.5, 0.6) is 0 Å². The smallest absolute Gasteiger partial charge is 0.341 e. The van der Waals surface area contributed by atoms with Crippen LogP contribution in [0, 0.1) is 0 Å². The molecule has 0 saturated carbocycles. The lowest BCUT2D eigenvalue weighted by Crippen LogP contribution is -2.17. The fraction of sp³-hybridized carbons (Fsp3) is 0.615. The fourth-order valence-electron chi connectivity index (χ4n) is 1.59. The lowest BCUT2D eigenvalue weighted by Gasteiger charge is -2.08. The molecule has 0 aliphatic rings. The molecule has 5 heteroatoms. The minimum absolute atomic E-state index is 0.365. The van der Waals surface area contributed by atoms with Gasteiger partial charge in [0.2, 0.25) is 0 Å². The minimum Gasteiger partial charge on any atom is -0.467 e. The number of esters is 1. The molecular formula is C13H22N2O3. The van der Waals surface area contributed by atoms with Crippen molar-refractivity contribution in [1.82, 2.24) is 10.2 Å². The predicted molar refractivity (Wildman–Crippen MR) is 69.5 cm³/mol. The van der Waals surface area contributed by atoms with Crippen LogP contribution >= 0.6 is 0 Å². The number of carbonyl (C=O) groups excluding carboxylic acids is 1. The largest absolute Gasteiger partial charge is 0.467 e. The molecule has 0 bridgehead atoms. The van der Waals surface area contributed by atoms with Crippen molar-refractivity contribution >= 4 is 5.97 Å². The molecule has 1 heterocycles. The monoisotopic (exact) mass is 254 g/mol. The van der Waals surface area contributed by atoms with Crippen molar-refractivity contribution in [2.24, 2.45) is 0 Å². The van der Waals surface area contributed by atoms with Crippen LogP contribution in [0.2, 0.25) is 0 Å². The number of carbonyl (C=O) groups is 1. The van der Waals surface area contributed by atoms with Crippen LogP contribution in [0.3, 0.4) is 0 Å². The quantitative estimate of drug-likeness (QED) is 0.563. The van der Waals surface area contributed by atoms with E-state index in [1.54, 1.807) is 6.07 Å². The van der Waals surface area contributed by atoms with E-state index in [2.05, 4.69) is 29.0 Å². The third-order valence-corrected chi connectivity index (χ3v) is 2.58. The second-order valence-corrected chi connectivity index (χ2v) is 4.48. The van der Waals surface area contributed by atoms with E-state index in [4.69, 9.17) is 4.42 Å². The van der Waals surface area contributed by atoms with Crippen LogP contribution < -0.4 is 5.32 Å². The standard InChI is InChI=1S/C13H22N2O3/c1-15(2)7-5-4-6-14-9-12-8-11(10-18-12)13(16)17-3/h8,10,14H,4-7,9H2,1-3H3. The fourth-order valence-corrected chi connectivity index (χ4v) is 1.59. The Bertz CT molecular complexity index is 361. The first-order valence-corrected chi connectivity index (χ1v) is 6.14. The molecule has 1 aromatic heterocycles. The molecule has 1 N–H and O–H groups in total. The highest BCUT2D eigenvalue weighted by Gasteiger charge is 2.09. The summed E-state index contributed by atoms with van der Waals surface area (Å²) < 4.78 is 9.87. The Morgan fingerprint density at radius 2 is 2.22 bits per heavy atom. The van der Waals surface area contributed by atoms with E-state index in [0.717, 1.165) is 25.3 Å². The molecule has 0 aliphatic heterocycles. The Labute approximate surface area is 108 Å². The normalized spacial score (nSPS) is 10.9. The van der Waals surface area contributed by atoms with Gasteiger partial charge in [0.1, 0.15) is 12.0 Å². The van der Waals surface area contributed by atoms with Gasteiger partial charge >= 0.3 is 5.97 Å². The summed E-state index contributed by atoms with van der Waals surface area (Å²) >= 11 is 0. The molecule has 1 rings (SSSR count). The van der Waals surface area contributed by atoms with Crippen molar-refractivity contribution < 1.29 is 13.9 Å². The van der Waals surface area contributed by atoms with Gasteiger partial charge in [0.15, 0.2) is 0 Å². The summed E-state index contributed by atoms with van der Waals surface area (Å²) in [7, 11) is 5.51. The summed E-state index contributed by atoms with van der Waals surface area (Å²) in [6.45, 7) is 2.69. The third-order valence-electron chi connectivity index (χ3n) is 2.58. The summed E-state index contributed by atoms with van der Waals surface area (Å²) in [5.41, 5.74) is 0.460. The van der Waals surface area contributed by atoms with Crippen LogP contribution in [-0.2, 0) is 11.3 Å². The Morgan fingerprint density at radius 1 is 1.44 bits per heavy atom. The van der Waals surface area contributed by atoms with E-state index < -0.39 is 0 Å². The van der Waals surface area contributed by atoms with Gasteiger partial charge in [-0.2, -0.15) is 0 Å². The van der Waals surface area contributed by atoms with E-state index in [1.807, 2.05) is 0 Å². The molecule has 0 unspecified atom stereocenters. The first-order chi connectivity index (χ1) is 8.63. The van der Waals surface area contributed by atoms with E-state index in [1.165, 1.54) is 19.8 Å².